The fourth-order valence-corrected chi connectivity index (χ4v) is 3.23. The molecule has 1 aromatic rings. The molecule has 5 nitrogen and oxygen atoms in total. The fourth-order valence-electron chi connectivity index (χ4n) is 2.11. The van der Waals surface area contributed by atoms with E-state index in [1.54, 1.807) is 6.92 Å². The minimum Gasteiger partial charge on any atom is -0.462 e. The third-order valence-electron chi connectivity index (χ3n) is 3.27. The van der Waals surface area contributed by atoms with E-state index < -0.39 is 0 Å². The lowest BCUT2D eigenvalue weighted by atomic mass is 10.1. The number of likely N-dealkylation sites (N-methyl/N-ethyl adjacent to an activating group) is 1. The Morgan fingerprint density at radius 1 is 1.50 bits per heavy atom. The third kappa shape index (κ3) is 3.43. The summed E-state index contributed by atoms with van der Waals surface area (Å²) in [7, 11) is 4.08. The zero-order chi connectivity index (χ0) is 14.7. The third-order valence-corrected chi connectivity index (χ3v) is 4.43. The van der Waals surface area contributed by atoms with E-state index in [1.807, 2.05) is 14.1 Å². The predicted molar refractivity (Wildman–Crippen MR) is 83.7 cm³/mol. The number of nitrogens with one attached hydrogen (secondary N) is 1. The van der Waals surface area contributed by atoms with E-state index in [1.165, 1.54) is 11.3 Å². The highest BCUT2D eigenvalue weighted by molar-refractivity contribution is 7.18. The van der Waals surface area contributed by atoms with Crippen molar-refractivity contribution in [3.05, 3.63) is 10.4 Å². The maximum atomic E-state index is 11.9. The molecule has 1 aliphatic carbocycles. The van der Waals surface area contributed by atoms with Crippen molar-refractivity contribution in [1.82, 2.24) is 4.90 Å². The first kappa shape index (κ1) is 15.1. The lowest BCUT2D eigenvalue weighted by Gasteiger charge is -2.11. The van der Waals surface area contributed by atoms with Crippen LogP contribution in [0.5, 0.6) is 0 Å². The number of hydrogen-bond acceptors (Lipinski definition) is 6. The van der Waals surface area contributed by atoms with E-state index in [2.05, 4.69) is 10.2 Å². The molecule has 1 aromatic heterocycles. The van der Waals surface area contributed by atoms with Crippen LogP contribution in [0.3, 0.4) is 0 Å². The molecule has 1 saturated carbocycles. The first-order valence-electron chi connectivity index (χ1n) is 7.02. The van der Waals surface area contributed by atoms with Gasteiger partial charge in [-0.3, -0.25) is 0 Å². The minimum absolute atomic E-state index is 0.308. The van der Waals surface area contributed by atoms with Crippen LogP contribution in [0.15, 0.2) is 0 Å². The van der Waals surface area contributed by atoms with Gasteiger partial charge in [0.1, 0.15) is 4.88 Å². The van der Waals surface area contributed by atoms with Gasteiger partial charge >= 0.3 is 5.97 Å². The van der Waals surface area contributed by atoms with Gasteiger partial charge in [0.15, 0.2) is 0 Å². The van der Waals surface area contributed by atoms with Gasteiger partial charge in [-0.25, -0.2) is 4.79 Å². The molecule has 6 heteroatoms. The molecule has 112 valence electrons. The van der Waals surface area contributed by atoms with Crippen LogP contribution in [-0.4, -0.2) is 44.7 Å². The molecule has 0 aliphatic heterocycles. The van der Waals surface area contributed by atoms with Crippen LogP contribution in [-0.2, 0) is 4.74 Å². The van der Waals surface area contributed by atoms with Crippen molar-refractivity contribution < 1.29 is 9.53 Å². The standard InChI is InChI=1S/C14H23N3O2S/c1-4-19-14(18)12-11(15)10(9-5-6-9)13(20-12)16-7-8-17(2)3/h9,16H,4-8,15H2,1-3H3. The van der Waals surface area contributed by atoms with E-state index in [4.69, 9.17) is 10.5 Å². The summed E-state index contributed by atoms with van der Waals surface area (Å²) in [6.45, 7) is 3.96. The van der Waals surface area contributed by atoms with Crippen LogP contribution >= 0.6 is 11.3 Å². The maximum Gasteiger partial charge on any atom is 0.350 e. The van der Waals surface area contributed by atoms with Crippen molar-refractivity contribution in [2.24, 2.45) is 0 Å². The number of carbonyl (C=O) groups excluding carboxylic acids is 1. The maximum absolute atomic E-state index is 11.9. The van der Waals surface area contributed by atoms with Crippen molar-refractivity contribution in [1.29, 1.82) is 0 Å². The molecule has 2 rings (SSSR count). The Balaban J connectivity index is 2.17. The number of anilines is 2. The van der Waals surface area contributed by atoms with Crippen LogP contribution in [0.25, 0.3) is 0 Å². The van der Waals surface area contributed by atoms with Gasteiger partial charge in [0.25, 0.3) is 0 Å². The first-order chi connectivity index (χ1) is 9.54. The molecule has 0 aromatic carbocycles. The molecule has 0 bridgehead atoms. The van der Waals surface area contributed by atoms with E-state index in [-0.39, 0.29) is 5.97 Å². The van der Waals surface area contributed by atoms with Crippen LogP contribution in [0.1, 0.15) is 40.9 Å². The highest BCUT2D eigenvalue weighted by Gasteiger charge is 2.33. The number of rotatable bonds is 7. The Morgan fingerprint density at radius 2 is 2.20 bits per heavy atom. The lowest BCUT2D eigenvalue weighted by molar-refractivity contribution is 0.0533. The molecule has 1 aliphatic rings. The number of thiophene rings is 1. The molecule has 0 amide bonds. The van der Waals surface area contributed by atoms with Gasteiger partial charge < -0.3 is 20.7 Å². The summed E-state index contributed by atoms with van der Waals surface area (Å²) >= 11 is 1.43. The normalized spacial score (nSPS) is 14.6. The highest BCUT2D eigenvalue weighted by Crippen LogP contribution is 2.50. The Morgan fingerprint density at radius 3 is 2.75 bits per heavy atom. The summed E-state index contributed by atoms with van der Waals surface area (Å²) in [5, 5.41) is 4.45. The van der Waals surface area contributed by atoms with Crippen molar-refractivity contribution in [2.75, 3.05) is 44.8 Å². The second-order valence-corrected chi connectivity index (χ2v) is 6.33. The predicted octanol–water partition coefficient (Wildman–Crippen LogP) is 2.36. The fraction of sp³-hybridized carbons (Fsp3) is 0.643. The summed E-state index contributed by atoms with van der Waals surface area (Å²) in [6, 6.07) is 0. The number of nitrogens with two attached hydrogens (primary N) is 1. The molecule has 1 fully saturated rings. The number of hydrogen-bond donors (Lipinski definition) is 2. The second kappa shape index (κ2) is 6.45. The molecular weight excluding hydrogens is 274 g/mol. The smallest absolute Gasteiger partial charge is 0.350 e. The van der Waals surface area contributed by atoms with Crippen LogP contribution in [0.2, 0.25) is 0 Å². The second-order valence-electron chi connectivity index (χ2n) is 5.31. The molecular formula is C14H23N3O2S. The zero-order valence-corrected chi connectivity index (χ0v) is 13.2. The average molecular weight is 297 g/mol. The minimum atomic E-state index is -0.308. The van der Waals surface area contributed by atoms with E-state index in [0.29, 0.717) is 23.1 Å². The Hall–Kier alpha value is -1.27. The molecule has 0 saturated heterocycles. The van der Waals surface area contributed by atoms with Gasteiger partial charge in [-0.1, -0.05) is 0 Å². The molecule has 3 N–H and O–H groups in total. The first-order valence-corrected chi connectivity index (χ1v) is 7.84. The van der Waals surface area contributed by atoms with E-state index >= 15 is 0 Å². The topological polar surface area (TPSA) is 67.6 Å². The quantitative estimate of drug-likeness (QED) is 0.756. The van der Waals surface area contributed by atoms with Crippen molar-refractivity contribution in [3.63, 3.8) is 0 Å². The number of nitrogen functional groups attached to an aromatic ring is 1. The zero-order valence-electron chi connectivity index (χ0n) is 12.4. The van der Waals surface area contributed by atoms with E-state index in [9.17, 15) is 4.79 Å². The number of carbonyl (C=O) groups is 1. The summed E-state index contributed by atoms with van der Waals surface area (Å²) in [6.07, 6.45) is 2.32. The summed E-state index contributed by atoms with van der Waals surface area (Å²) < 4.78 is 5.08. The van der Waals surface area contributed by atoms with Crippen LogP contribution in [0.4, 0.5) is 10.7 Å². The number of nitrogens with zero attached hydrogens (tertiary/aromatic N) is 1. The Kier molecular flexibility index (Phi) is 4.88. The lowest BCUT2D eigenvalue weighted by Crippen LogP contribution is -2.20. The van der Waals surface area contributed by atoms with Gasteiger partial charge in [-0.15, -0.1) is 11.3 Å². The summed E-state index contributed by atoms with van der Waals surface area (Å²) in [4.78, 5) is 14.6. The molecule has 0 atom stereocenters. The Bertz CT molecular complexity index is 481. The molecule has 0 radical (unpaired) electrons. The summed E-state index contributed by atoms with van der Waals surface area (Å²) in [5.74, 6) is 0.203. The Labute approximate surface area is 124 Å². The van der Waals surface area contributed by atoms with Crippen molar-refractivity contribution in [2.45, 2.75) is 25.7 Å². The van der Waals surface area contributed by atoms with Gasteiger partial charge in [-0.05, 0) is 39.8 Å². The van der Waals surface area contributed by atoms with Gasteiger partial charge in [0.05, 0.1) is 17.3 Å². The van der Waals surface area contributed by atoms with E-state index in [0.717, 1.165) is 36.5 Å². The molecule has 1 heterocycles. The average Bonchev–Trinajstić information content (AvgIpc) is 3.15. The monoisotopic (exact) mass is 297 g/mol. The van der Waals surface area contributed by atoms with Gasteiger partial charge in [0, 0.05) is 18.7 Å². The van der Waals surface area contributed by atoms with Crippen molar-refractivity contribution >= 4 is 28.0 Å². The van der Waals surface area contributed by atoms with Crippen LogP contribution < -0.4 is 11.1 Å². The number of esters is 1. The molecule has 0 unspecified atom stereocenters. The van der Waals surface area contributed by atoms with Crippen molar-refractivity contribution in [3.8, 4) is 0 Å². The van der Waals surface area contributed by atoms with Crippen LogP contribution in [0, 0.1) is 0 Å². The molecule has 20 heavy (non-hydrogen) atoms. The number of ether oxygens (including phenoxy) is 1. The SMILES string of the molecule is CCOC(=O)c1sc(NCCN(C)C)c(C2CC2)c1N. The largest absolute Gasteiger partial charge is 0.462 e. The van der Waals surface area contributed by atoms with Gasteiger partial charge in [0.2, 0.25) is 0 Å². The summed E-state index contributed by atoms with van der Waals surface area (Å²) in [5.41, 5.74) is 7.90. The van der Waals surface area contributed by atoms with Gasteiger partial charge in [-0.2, -0.15) is 0 Å². The molecule has 0 spiro atoms. The highest BCUT2D eigenvalue weighted by atomic mass is 32.1.